The first-order valence-electron chi connectivity index (χ1n) is 1.64. The van der Waals surface area contributed by atoms with Crippen LogP contribution in [0.25, 0.3) is 0 Å². The van der Waals surface area contributed by atoms with Crippen LogP contribution in [0.15, 0.2) is 0 Å². The molecule has 0 rings (SSSR count). The van der Waals surface area contributed by atoms with Crippen molar-refractivity contribution >= 4 is 6.08 Å². The number of hydrogen-bond acceptors (Lipinski definition) is 2. The second-order valence-corrected chi connectivity index (χ2v) is 0.851. The maximum atomic E-state index is 10.4. The SMILES string of the molecule is FCC(F)(F)F.N=C=O. The zero-order valence-electron chi connectivity index (χ0n) is 4.13. The molecule has 1 N–H and O–H groups in total. The van der Waals surface area contributed by atoms with Crippen molar-refractivity contribution in [1.29, 1.82) is 5.41 Å². The molecule has 0 aromatic carbocycles. The van der Waals surface area contributed by atoms with Crippen molar-refractivity contribution in [3.63, 3.8) is 0 Å². The summed E-state index contributed by atoms with van der Waals surface area (Å²) in [6, 6.07) is 0. The molecule has 0 unspecified atom stereocenters. The summed E-state index contributed by atoms with van der Waals surface area (Å²) in [5.41, 5.74) is 0. The molecule has 0 aliphatic heterocycles. The summed E-state index contributed by atoms with van der Waals surface area (Å²) in [6.45, 7) is -2.23. The van der Waals surface area contributed by atoms with Crippen LogP contribution < -0.4 is 0 Å². The molecular weight excluding hydrogens is 142 g/mol. The van der Waals surface area contributed by atoms with Gasteiger partial charge in [-0.1, -0.05) is 0 Å². The van der Waals surface area contributed by atoms with Gasteiger partial charge < -0.3 is 0 Å². The first-order chi connectivity index (χ1) is 3.97. The third-order valence-electron chi connectivity index (χ3n) is 0.152. The first-order valence-corrected chi connectivity index (χ1v) is 1.64. The van der Waals surface area contributed by atoms with Crippen molar-refractivity contribution in [3.05, 3.63) is 0 Å². The molecule has 0 spiro atoms. The highest BCUT2D eigenvalue weighted by molar-refractivity contribution is 5.26. The molecule has 0 aliphatic carbocycles. The van der Waals surface area contributed by atoms with Gasteiger partial charge in [-0.25, -0.2) is 14.6 Å². The highest BCUT2D eigenvalue weighted by Gasteiger charge is 2.26. The van der Waals surface area contributed by atoms with E-state index in [2.05, 4.69) is 0 Å². The van der Waals surface area contributed by atoms with Crippen molar-refractivity contribution in [2.24, 2.45) is 0 Å². The Morgan fingerprint density at radius 2 is 1.56 bits per heavy atom. The second-order valence-electron chi connectivity index (χ2n) is 0.851. The molecule has 0 aliphatic rings. The van der Waals surface area contributed by atoms with E-state index in [9.17, 15) is 17.6 Å². The molecule has 2 nitrogen and oxygen atoms in total. The lowest BCUT2D eigenvalue weighted by Crippen LogP contribution is -2.08. The minimum absolute atomic E-state index is 0.750. The Hall–Kier alpha value is -0.900. The number of rotatable bonds is 0. The average molecular weight is 145 g/mol. The lowest BCUT2D eigenvalue weighted by atomic mass is 10.8. The summed E-state index contributed by atoms with van der Waals surface area (Å²) in [7, 11) is 0. The molecule has 54 valence electrons. The topological polar surface area (TPSA) is 40.9 Å². The van der Waals surface area contributed by atoms with E-state index in [1.54, 1.807) is 0 Å². The minimum Gasteiger partial charge on any atom is -0.241 e. The molecule has 0 aromatic rings. The van der Waals surface area contributed by atoms with Crippen LogP contribution in [0.5, 0.6) is 0 Å². The quantitative estimate of drug-likeness (QED) is 0.312. The van der Waals surface area contributed by atoms with Gasteiger partial charge in [0.15, 0.2) is 6.67 Å². The third-order valence-corrected chi connectivity index (χ3v) is 0.152. The van der Waals surface area contributed by atoms with E-state index in [4.69, 9.17) is 10.2 Å². The van der Waals surface area contributed by atoms with E-state index in [1.807, 2.05) is 0 Å². The van der Waals surface area contributed by atoms with E-state index in [0.717, 1.165) is 6.08 Å². The van der Waals surface area contributed by atoms with Crippen LogP contribution in [0.3, 0.4) is 0 Å². The molecule has 0 radical (unpaired) electrons. The number of hydrogen-bond donors (Lipinski definition) is 1. The molecule has 0 saturated heterocycles. The molecule has 0 aromatic heterocycles. The number of isocyanates is 1. The summed E-state index contributed by atoms with van der Waals surface area (Å²) < 4.78 is 41.6. The van der Waals surface area contributed by atoms with Crippen LogP contribution in [0, 0.1) is 5.41 Å². The number of nitrogens with one attached hydrogen (secondary N) is 1. The van der Waals surface area contributed by atoms with Gasteiger partial charge in [0.2, 0.25) is 6.08 Å². The van der Waals surface area contributed by atoms with Crippen LogP contribution in [0.1, 0.15) is 0 Å². The summed E-state index contributed by atoms with van der Waals surface area (Å²) in [5.74, 6) is 0. The number of halogens is 4. The highest BCUT2D eigenvalue weighted by Crippen LogP contribution is 2.13. The van der Waals surface area contributed by atoms with Gasteiger partial charge in [0.1, 0.15) is 0 Å². The fourth-order valence-electron chi connectivity index (χ4n) is 0. The van der Waals surface area contributed by atoms with Crippen LogP contribution in [-0.4, -0.2) is 18.9 Å². The highest BCUT2D eigenvalue weighted by atomic mass is 19.4. The van der Waals surface area contributed by atoms with Gasteiger partial charge in [0.25, 0.3) is 0 Å². The molecule has 6 heteroatoms. The minimum atomic E-state index is -4.62. The van der Waals surface area contributed by atoms with Gasteiger partial charge in [-0.2, -0.15) is 13.2 Å². The summed E-state index contributed by atoms with van der Waals surface area (Å²) in [6.07, 6.45) is -3.88. The number of carbonyl (C=O) groups excluding carboxylic acids is 1. The molecule has 0 bridgehead atoms. The van der Waals surface area contributed by atoms with Crippen molar-refractivity contribution in [3.8, 4) is 0 Å². The Kier molecular flexibility index (Phi) is 6.39. The maximum absolute atomic E-state index is 10.4. The predicted molar refractivity (Wildman–Crippen MR) is 20.4 cm³/mol. The first kappa shape index (κ1) is 11.0. The molecule has 0 atom stereocenters. The van der Waals surface area contributed by atoms with Crippen LogP contribution >= 0.6 is 0 Å². The molecular formula is C3H3F4NO. The molecule has 0 amide bonds. The molecule has 0 fully saturated rings. The van der Waals surface area contributed by atoms with Gasteiger partial charge in [-0.15, -0.1) is 0 Å². The fraction of sp³-hybridized carbons (Fsp3) is 0.667. The second kappa shape index (κ2) is 5.24. The third kappa shape index (κ3) is 41.9. The fourth-order valence-corrected chi connectivity index (χ4v) is 0. The van der Waals surface area contributed by atoms with E-state index >= 15 is 0 Å². The van der Waals surface area contributed by atoms with Gasteiger partial charge in [-0.05, 0) is 0 Å². The molecule has 0 heterocycles. The van der Waals surface area contributed by atoms with Crippen molar-refractivity contribution in [2.45, 2.75) is 6.18 Å². The average Bonchev–Trinajstić information content (AvgIpc) is 1.67. The summed E-state index contributed by atoms with van der Waals surface area (Å²) >= 11 is 0. The van der Waals surface area contributed by atoms with Gasteiger partial charge in [0.05, 0.1) is 0 Å². The Morgan fingerprint density at radius 1 is 1.44 bits per heavy atom. The number of alkyl halides is 4. The Balaban J connectivity index is 0. The van der Waals surface area contributed by atoms with Gasteiger partial charge in [-0.3, -0.25) is 0 Å². The van der Waals surface area contributed by atoms with E-state index in [-0.39, 0.29) is 0 Å². The standard InChI is InChI=1S/C2H2F4.CHNO/c3-1-2(4,5)6;2-1-3/h1H2;2H. The summed E-state index contributed by atoms with van der Waals surface area (Å²) in [5, 5.41) is 5.40. The van der Waals surface area contributed by atoms with E-state index in [0.29, 0.717) is 0 Å². The maximum Gasteiger partial charge on any atom is 0.416 e. The van der Waals surface area contributed by atoms with Gasteiger partial charge in [0, 0.05) is 0 Å². The summed E-state index contributed by atoms with van der Waals surface area (Å²) in [4.78, 5) is 8.35. The van der Waals surface area contributed by atoms with E-state index < -0.39 is 12.9 Å². The van der Waals surface area contributed by atoms with Crippen molar-refractivity contribution in [2.75, 3.05) is 6.67 Å². The smallest absolute Gasteiger partial charge is 0.241 e. The lowest BCUT2D eigenvalue weighted by molar-refractivity contribution is -0.142. The van der Waals surface area contributed by atoms with Crippen LogP contribution in [0.4, 0.5) is 17.6 Å². The largest absolute Gasteiger partial charge is 0.416 e. The zero-order valence-corrected chi connectivity index (χ0v) is 4.13. The van der Waals surface area contributed by atoms with Crippen LogP contribution in [-0.2, 0) is 4.79 Å². The zero-order chi connectivity index (χ0) is 7.91. The lowest BCUT2D eigenvalue weighted by Gasteiger charge is -1.93. The van der Waals surface area contributed by atoms with Crippen molar-refractivity contribution < 1.29 is 22.4 Å². The molecule has 9 heavy (non-hydrogen) atoms. The predicted octanol–water partition coefficient (Wildman–Crippen LogP) is 1.42. The monoisotopic (exact) mass is 145 g/mol. The van der Waals surface area contributed by atoms with Crippen molar-refractivity contribution in [1.82, 2.24) is 0 Å². The van der Waals surface area contributed by atoms with Crippen LogP contribution in [0.2, 0.25) is 0 Å². The Labute approximate surface area is 48.0 Å². The van der Waals surface area contributed by atoms with E-state index in [1.165, 1.54) is 0 Å². The Morgan fingerprint density at radius 3 is 1.56 bits per heavy atom. The molecule has 0 saturated carbocycles. The van der Waals surface area contributed by atoms with Gasteiger partial charge >= 0.3 is 6.18 Å². The normalized spacial score (nSPS) is 8.89. The Bertz CT molecular complexity index is 92.5.